The van der Waals surface area contributed by atoms with Crippen molar-refractivity contribution in [2.45, 2.75) is 20.8 Å². The number of nitrogens with zero attached hydrogens (tertiary/aromatic N) is 2. The van der Waals surface area contributed by atoms with Crippen molar-refractivity contribution < 1.29 is 9.53 Å². The third kappa shape index (κ3) is 3.31. The van der Waals surface area contributed by atoms with E-state index in [4.69, 9.17) is 4.74 Å². The maximum absolute atomic E-state index is 11.9. The van der Waals surface area contributed by atoms with Gasteiger partial charge < -0.3 is 15.0 Å². The van der Waals surface area contributed by atoms with Gasteiger partial charge in [0.2, 0.25) is 5.43 Å². The number of nitrogens with one attached hydrogen (secondary N) is 2. The second kappa shape index (κ2) is 5.82. The minimum Gasteiger partial charge on any atom is -0.478 e. The number of aromatic amines is 1. The summed E-state index contributed by atoms with van der Waals surface area (Å²) in [5.74, 6) is -0.218. The van der Waals surface area contributed by atoms with Crippen LogP contribution in [0.3, 0.4) is 0 Å². The third-order valence-corrected chi connectivity index (χ3v) is 3.15. The van der Waals surface area contributed by atoms with Crippen LogP contribution in [0.15, 0.2) is 17.1 Å². The number of aromatic nitrogens is 3. The highest BCUT2D eigenvalue weighted by Gasteiger charge is 2.13. The van der Waals surface area contributed by atoms with Gasteiger partial charge in [-0.05, 0) is 20.8 Å². The summed E-state index contributed by atoms with van der Waals surface area (Å²) in [6.45, 7) is 5.21. The van der Waals surface area contributed by atoms with Crippen LogP contribution in [0.1, 0.15) is 17.1 Å². The Hall–Kier alpha value is -2.57. The van der Waals surface area contributed by atoms with E-state index in [1.54, 1.807) is 18.7 Å². The van der Waals surface area contributed by atoms with E-state index >= 15 is 0 Å². The van der Waals surface area contributed by atoms with Gasteiger partial charge in [0.05, 0.1) is 17.1 Å². The van der Waals surface area contributed by atoms with E-state index in [-0.39, 0.29) is 23.7 Å². The molecule has 0 bridgehead atoms. The highest BCUT2D eigenvalue weighted by molar-refractivity contribution is 5.93. The summed E-state index contributed by atoms with van der Waals surface area (Å²) in [6, 6.07) is 1.42. The maximum Gasteiger partial charge on any atom is 0.262 e. The molecule has 2 aromatic heterocycles. The molecule has 0 saturated carbocycles. The average molecular weight is 290 g/mol. The highest BCUT2D eigenvalue weighted by Crippen LogP contribution is 2.18. The van der Waals surface area contributed by atoms with Gasteiger partial charge in [-0.15, -0.1) is 0 Å². The van der Waals surface area contributed by atoms with Gasteiger partial charge in [0, 0.05) is 25.0 Å². The molecule has 2 N–H and O–H groups in total. The van der Waals surface area contributed by atoms with Crippen LogP contribution in [0.2, 0.25) is 0 Å². The molecule has 2 rings (SSSR count). The molecule has 0 spiro atoms. The van der Waals surface area contributed by atoms with E-state index in [1.807, 2.05) is 13.8 Å². The first-order valence-corrected chi connectivity index (χ1v) is 6.50. The summed E-state index contributed by atoms with van der Waals surface area (Å²) in [5.41, 5.74) is 2.74. The number of aryl methyl sites for hydroxylation is 3. The van der Waals surface area contributed by atoms with Gasteiger partial charge >= 0.3 is 0 Å². The Labute approximate surface area is 121 Å². The van der Waals surface area contributed by atoms with Crippen LogP contribution in [-0.2, 0) is 11.8 Å². The summed E-state index contributed by atoms with van der Waals surface area (Å²) in [7, 11) is 1.81. The van der Waals surface area contributed by atoms with E-state index in [9.17, 15) is 9.59 Å². The molecule has 0 unspecified atom stereocenters. The molecule has 2 aromatic rings. The molecule has 0 atom stereocenters. The van der Waals surface area contributed by atoms with Gasteiger partial charge in [-0.2, -0.15) is 5.10 Å². The number of hydrogen-bond donors (Lipinski definition) is 2. The van der Waals surface area contributed by atoms with Crippen molar-refractivity contribution in [3.05, 3.63) is 39.6 Å². The largest absolute Gasteiger partial charge is 0.478 e. The highest BCUT2D eigenvalue weighted by atomic mass is 16.5. The smallest absolute Gasteiger partial charge is 0.262 e. The molecule has 0 fully saturated rings. The number of carbonyl (C=O) groups is 1. The normalized spacial score (nSPS) is 10.5. The molecule has 0 aliphatic carbocycles. The maximum atomic E-state index is 11.9. The van der Waals surface area contributed by atoms with Gasteiger partial charge in [0.15, 0.2) is 12.4 Å². The van der Waals surface area contributed by atoms with E-state index in [2.05, 4.69) is 15.4 Å². The van der Waals surface area contributed by atoms with E-state index in [1.165, 1.54) is 12.3 Å². The van der Waals surface area contributed by atoms with Crippen LogP contribution >= 0.6 is 0 Å². The molecule has 112 valence electrons. The van der Waals surface area contributed by atoms with Gasteiger partial charge in [0.25, 0.3) is 5.91 Å². The van der Waals surface area contributed by atoms with Gasteiger partial charge in [-0.25, -0.2) is 0 Å². The first-order valence-electron chi connectivity index (χ1n) is 6.50. The van der Waals surface area contributed by atoms with E-state index in [0.29, 0.717) is 5.69 Å². The number of amides is 1. The summed E-state index contributed by atoms with van der Waals surface area (Å²) in [5, 5.41) is 6.95. The van der Waals surface area contributed by atoms with Crippen molar-refractivity contribution >= 4 is 11.6 Å². The first kappa shape index (κ1) is 14.8. The minimum atomic E-state index is -0.339. The van der Waals surface area contributed by atoms with Crippen molar-refractivity contribution in [3.8, 4) is 5.75 Å². The van der Waals surface area contributed by atoms with Gasteiger partial charge in [-0.3, -0.25) is 14.3 Å². The van der Waals surface area contributed by atoms with Crippen molar-refractivity contribution in [2.75, 3.05) is 11.9 Å². The quantitative estimate of drug-likeness (QED) is 0.881. The molecule has 21 heavy (non-hydrogen) atoms. The van der Waals surface area contributed by atoms with Gasteiger partial charge in [-0.1, -0.05) is 0 Å². The Bertz CT molecular complexity index is 730. The van der Waals surface area contributed by atoms with E-state index in [0.717, 1.165) is 17.1 Å². The molecular weight excluding hydrogens is 272 g/mol. The number of carbonyl (C=O) groups excluding carboxylic acids is 1. The Balaban J connectivity index is 2.01. The van der Waals surface area contributed by atoms with Crippen LogP contribution in [0.5, 0.6) is 5.75 Å². The summed E-state index contributed by atoms with van der Waals surface area (Å²) < 4.78 is 6.92. The zero-order valence-electron chi connectivity index (χ0n) is 12.5. The SMILES string of the molecule is Cc1cc(=O)c(OCC(=O)Nc2c(C)nn(C)c2C)c[nH]1. The lowest BCUT2D eigenvalue weighted by Crippen LogP contribution is -2.22. The van der Waals surface area contributed by atoms with E-state index < -0.39 is 0 Å². The Kier molecular flexibility index (Phi) is 4.11. The lowest BCUT2D eigenvalue weighted by molar-refractivity contribution is -0.118. The van der Waals surface area contributed by atoms with Crippen LogP contribution < -0.4 is 15.5 Å². The fraction of sp³-hybridized carbons (Fsp3) is 0.357. The minimum absolute atomic E-state index is 0.121. The third-order valence-electron chi connectivity index (χ3n) is 3.15. The predicted molar refractivity (Wildman–Crippen MR) is 78.6 cm³/mol. The van der Waals surface area contributed by atoms with Crippen LogP contribution in [0.25, 0.3) is 0 Å². The zero-order valence-corrected chi connectivity index (χ0v) is 12.5. The van der Waals surface area contributed by atoms with Crippen molar-refractivity contribution in [1.82, 2.24) is 14.8 Å². The fourth-order valence-electron chi connectivity index (χ4n) is 1.95. The fourth-order valence-corrected chi connectivity index (χ4v) is 1.95. The number of anilines is 1. The molecule has 0 radical (unpaired) electrons. The molecule has 0 aromatic carbocycles. The van der Waals surface area contributed by atoms with Crippen LogP contribution in [0, 0.1) is 20.8 Å². The second-order valence-electron chi connectivity index (χ2n) is 4.85. The average Bonchev–Trinajstić information content (AvgIpc) is 2.64. The lowest BCUT2D eigenvalue weighted by Gasteiger charge is -2.07. The number of H-pyrrole nitrogens is 1. The number of ether oxygens (including phenoxy) is 1. The Morgan fingerprint density at radius 3 is 2.71 bits per heavy atom. The number of rotatable bonds is 4. The second-order valence-corrected chi connectivity index (χ2v) is 4.85. The molecule has 0 aliphatic heterocycles. The summed E-state index contributed by atoms with van der Waals surface area (Å²) in [4.78, 5) is 26.4. The lowest BCUT2D eigenvalue weighted by atomic mass is 10.3. The van der Waals surface area contributed by atoms with Crippen molar-refractivity contribution in [2.24, 2.45) is 7.05 Å². The molecular formula is C14H18N4O3. The first-order chi connectivity index (χ1) is 9.88. The summed E-state index contributed by atoms with van der Waals surface area (Å²) >= 11 is 0. The topological polar surface area (TPSA) is 89.0 Å². The van der Waals surface area contributed by atoms with Crippen molar-refractivity contribution in [1.29, 1.82) is 0 Å². The van der Waals surface area contributed by atoms with Crippen LogP contribution in [-0.4, -0.2) is 27.3 Å². The number of hydrogen-bond acceptors (Lipinski definition) is 4. The Morgan fingerprint density at radius 2 is 2.14 bits per heavy atom. The zero-order chi connectivity index (χ0) is 15.6. The molecule has 0 saturated heterocycles. The van der Waals surface area contributed by atoms with Crippen LogP contribution in [0.4, 0.5) is 5.69 Å². The van der Waals surface area contributed by atoms with Gasteiger partial charge in [0.1, 0.15) is 0 Å². The predicted octanol–water partition coefficient (Wildman–Crippen LogP) is 1.05. The molecule has 7 heteroatoms. The summed E-state index contributed by atoms with van der Waals surface area (Å²) in [6.07, 6.45) is 1.45. The molecule has 7 nitrogen and oxygen atoms in total. The molecule has 1 amide bonds. The Morgan fingerprint density at radius 1 is 1.43 bits per heavy atom. The monoisotopic (exact) mass is 290 g/mol. The van der Waals surface area contributed by atoms with Crippen molar-refractivity contribution in [3.63, 3.8) is 0 Å². The number of pyridine rings is 1. The standard InChI is InChI=1S/C14H18N4O3/c1-8-5-11(19)12(6-15-8)21-7-13(20)16-14-9(2)17-18(4)10(14)3/h5-6H,7H2,1-4H3,(H,15,19)(H,16,20). The molecule has 2 heterocycles. The molecule has 0 aliphatic rings.